The summed E-state index contributed by atoms with van der Waals surface area (Å²) >= 11 is 0. The van der Waals surface area contributed by atoms with Gasteiger partial charge in [-0.1, -0.05) is 84.0 Å². The Labute approximate surface area is 244 Å². The minimum absolute atomic E-state index is 0.0603. The molecule has 0 saturated heterocycles. The van der Waals surface area contributed by atoms with Crippen molar-refractivity contribution in [3.05, 3.63) is 119 Å². The normalized spacial score (nSPS) is 21.3. The molecule has 1 spiro atoms. The highest BCUT2D eigenvalue weighted by atomic mass is 16.5. The number of nitrogens with zero attached hydrogens (tertiary/aromatic N) is 2. The smallest absolute Gasteiger partial charge is 0.360 e. The molecule has 8 nitrogen and oxygen atoms in total. The topological polar surface area (TPSA) is 102 Å². The second-order valence-electron chi connectivity index (χ2n) is 11.1. The van der Waals surface area contributed by atoms with E-state index in [0.717, 1.165) is 22.4 Å². The molecule has 0 unspecified atom stereocenters. The van der Waals surface area contributed by atoms with Crippen LogP contribution in [0.3, 0.4) is 0 Å². The summed E-state index contributed by atoms with van der Waals surface area (Å²) in [5, 5.41) is 7.00. The number of aromatic nitrogens is 1. The molecular weight excluding hydrogens is 530 g/mol. The van der Waals surface area contributed by atoms with Crippen LogP contribution in [0.4, 0.5) is 5.69 Å². The van der Waals surface area contributed by atoms with Gasteiger partial charge >= 0.3 is 5.97 Å². The Morgan fingerprint density at radius 1 is 1.00 bits per heavy atom. The first-order chi connectivity index (χ1) is 20.5. The molecule has 1 fully saturated rings. The monoisotopic (exact) mass is 563 g/mol. The Hall–Kier alpha value is -4.72. The summed E-state index contributed by atoms with van der Waals surface area (Å²) in [5.41, 5.74) is 2.68. The Morgan fingerprint density at radius 2 is 1.69 bits per heavy atom. The quantitative estimate of drug-likeness (QED) is 0.292. The first-order valence-electron chi connectivity index (χ1n) is 14.4. The zero-order valence-electron chi connectivity index (χ0n) is 23.5. The van der Waals surface area contributed by atoms with Crippen LogP contribution in [-0.4, -0.2) is 35.1 Å². The van der Waals surface area contributed by atoms with Crippen LogP contribution in [0, 0.1) is 6.92 Å². The zero-order chi connectivity index (χ0) is 29.1. The van der Waals surface area contributed by atoms with Crippen molar-refractivity contribution in [2.24, 2.45) is 0 Å². The molecular formula is C34H33N3O5. The van der Waals surface area contributed by atoms with E-state index < -0.39 is 23.5 Å². The van der Waals surface area contributed by atoms with Crippen molar-refractivity contribution in [2.45, 2.75) is 63.1 Å². The van der Waals surface area contributed by atoms with Crippen LogP contribution in [-0.2, 0) is 32.7 Å². The predicted molar refractivity (Wildman–Crippen MR) is 157 cm³/mol. The van der Waals surface area contributed by atoms with Crippen molar-refractivity contribution < 1.29 is 23.6 Å². The SMILES string of the molecule is Cc1cc(C(=O)O[C@@H]2CCC[C@@]3(C(=O)N(Cc4ccccc4)c4ccccc43)[C@H]2NC(=O)CCc2ccccc2)no1. The largest absolute Gasteiger partial charge is 0.455 e. The number of hydrogen-bond donors (Lipinski definition) is 1. The third kappa shape index (κ3) is 5.20. The number of nitrogens with one attached hydrogen (secondary N) is 1. The second-order valence-corrected chi connectivity index (χ2v) is 11.1. The van der Waals surface area contributed by atoms with Gasteiger partial charge in [-0.25, -0.2) is 4.79 Å². The lowest BCUT2D eigenvalue weighted by atomic mass is 9.65. The lowest BCUT2D eigenvalue weighted by molar-refractivity contribution is -0.131. The van der Waals surface area contributed by atoms with E-state index in [1.807, 2.05) is 84.9 Å². The summed E-state index contributed by atoms with van der Waals surface area (Å²) in [6, 6.07) is 28.2. The number of aryl methyl sites for hydroxylation is 2. The summed E-state index contributed by atoms with van der Waals surface area (Å²) in [7, 11) is 0. The van der Waals surface area contributed by atoms with Crippen LogP contribution in [0.25, 0.3) is 0 Å². The molecule has 1 aromatic heterocycles. The van der Waals surface area contributed by atoms with Crippen molar-refractivity contribution in [3.8, 4) is 0 Å². The number of hydrogen-bond acceptors (Lipinski definition) is 6. The summed E-state index contributed by atoms with van der Waals surface area (Å²) in [6.07, 6.45) is 1.73. The number of ether oxygens (including phenoxy) is 1. The molecule has 1 aliphatic heterocycles. The van der Waals surface area contributed by atoms with Gasteiger partial charge in [0.25, 0.3) is 0 Å². The molecule has 4 aromatic rings. The second kappa shape index (κ2) is 11.6. The maximum Gasteiger partial charge on any atom is 0.360 e. The van der Waals surface area contributed by atoms with Gasteiger partial charge < -0.3 is 19.5 Å². The maximum atomic E-state index is 14.6. The molecule has 1 aliphatic carbocycles. The van der Waals surface area contributed by atoms with Crippen LogP contribution >= 0.6 is 0 Å². The minimum Gasteiger partial charge on any atom is -0.455 e. The Bertz CT molecular complexity index is 1580. The van der Waals surface area contributed by atoms with E-state index >= 15 is 0 Å². The van der Waals surface area contributed by atoms with E-state index in [0.29, 0.717) is 38.0 Å². The highest BCUT2D eigenvalue weighted by Crippen LogP contribution is 2.51. The fourth-order valence-electron chi connectivity index (χ4n) is 6.39. The standard InChI is InChI=1S/C34H33N3O5/c1-23-21-27(36-42-23)32(39)41-29-17-10-20-34(31(29)35-30(38)19-18-24-11-4-2-5-12-24)26-15-8-9-16-28(26)37(33(34)40)22-25-13-6-3-7-14-25/h2-9,11-16,21,29,31H,10,17-20,22H2,1H3,(H,35,38)/t29-,31+,34+/m1/s1. The molecule has 214 valence electrons. The molecule has 0 bridgehead atoms. The minimum atomic E-state index is -1.09. The average Bonchev–Trinajstić information content (AvgIpc) is 3.55. The molecule has 42 heavy (non-hydrogen) atoms. The number of amides is 2. The molecule has 8 heteroatoms. The summed E-state index contributed by atoms with van der Waals surface area (Å²) < 4.78 is 11.1. The van der Waals surface area contributed by atoms with Crippen LogP contribution in [0.15, 0.2) is 95.5 Å². The van der Waals surface area contributed by atoms with Gasteiger partial charge in [-0.2, -0.15) is 0 Å². The average molecular weight is 564 g/mol. The highest BCUT2D eigenvalue weighted by molar-refractivity contribution is 6.09. The van der Waals surface area contributed by atoms with Crippen LogP contribution < -0.4 is 10.2 Å². The van der Waals surface area contributed by atoms with E-state index in [2.05, 4.69) is 10.5 Å². The van der Waals surface area contributed by atoms with Crippen molar-refractivity contribution in [1.82, 2.24) is 10.5 Å². The van der Waals surface area contributed by atoms with Crippen molar-refractivity contribution in [3.63, 3.8) is 0 Å². The molecule has 0 radical (unpaired) electrons. The van der Waals surface area contributed by atoms with E-state index in [1.54, 1.807) is 11.8 Å². The number of para-hydroxylation sites is 1. The number of anilines is 1. The van der Waals surface area contributed by atoms with Gasteiger partial charge in [-0.3, -0.25) is 9.59 Å². The van der Waals surface area contributed by atoms with Crippen LogP contribution in [0.5, 0.6) is 0 Å². The van der Waals surface area contributed by atoms with E-state index in [-0.39, 0.29) is 23.9 Å². The summed E-state index contributed by atoms with van der Waals surface area (Å²) in [6.45, 7) is 2.10. The Morgan fingerprint density at radius 3 is 2.40 bits per heavy atom. The summed E-state index contributed by atoms with van der Waals surface area (Å²) in [4.78, 5) is 43.1. The van der Waals surface area contributed by atoms with Crippen molar-refractivity contribution >= 4 is 23.5 Å². The molecule has 2 aliphatic rings. The third-order valence-electron chi connectivity index (χ3n) is 8.34. The van der Waals surface area contributed by atoms with Gasteiger partial charge in [-0.15, -0.1) is 0 Å². The Balaban J connectivity index is 1.35. The molecule has 2 amide bonds. The van der Waals surface area contributed by atoms with Crippen molar-refractivity contribution in [2.75, 3.05) is 4.90 Å². The highest BCUT2D eigenvalue weighted by Gasteiger charge is 2.60. The van der Waals surface area contributed by atoms with Gasteiger partial charge in [0.2, 0.25) is 11.8 Å². The lowest BCUT2D eigenvalue weighted by Crippen LogP contribution is -2.63. The van der Waals surface area contributed by atoms with Crippen LogP contribution in [0.1, 0.15) is 58.6 Å². The first-order valence-corrected chi connectivity index (χ1v) is 14.4. The molecule has 6 rings (SSSR count). The zero-order valence-corrected chi connectivity index (χ0v) is 23.5. The number of fused-ring (bicyclic) bond motifs is 2. The number of benzene rings is 3. The third-order valence-corrected chi connectivity index (χ3v) is 8.34. The molecule has 1 saturated carbocycles. The summed E-state index contributed by atoms with van der Waals surface area (Å²) in [5.74, 6) is -0.448. The van der Waals surface area contributed by atoms with E-state index in [4.69, 9.17) is 9.26 Å². The van der Waals surface area contributed by atoms with E-state index in [1.165, 1.54) is 6.07 Å². The van der Waals surface area contributed by atoms with E-state index in [9.17, 15) is 14.4 Å². The van der Waals surface area contributed by atoms with Crippen LogP contribution in [0.2, 0.25) is 0 Å². The Kier molecular flexibility index (Phi) is 7.61. The van der Waals surface area contributed by atoms with Gasteiger partial charge in [0, 0.05) is 18.2 Å². The van der Waals surface area contributed by atoms with Crippen molar-refractivity contribution in [1.29, 1.82) is 0 Å². The van der Waals surface area contributed by atoms with Gasteiger partial charge in [0.05, 0.1) is 12.6 Å². The lowest BCUT2D eigenvalue weighted by Gasteiger charge is -2.44. The predicted octanol–water partition coefficient (Wildman–Crippen LogP) is 5.29. The number of esters is 1. The van der Waals surface area contributed by atoms with Gasteiger partial charge in [0.15, 0.2) is 5.69 Å². The number of rotatable bonds is 8. The first kappa shape index (κ1) is 27.4. The van der Waals surface area contributed by atoms with Gasteiger partial charge in [0.1, 0.15) is 17.3 Å². The fraction of sp³-hybridized carbons (Fsp3) is 0.294. The fourth-order valence-corrected chi connectivity index (χ4v) is 6.39. The molecule has 2 heterocycles. The number of carbonyl (C=O) groups is 3. The molecule has 3 atom stereocenters. The molecule has 3 aromatic carbocycles. The van der Waals surface area contributed by atoms with Gasteiger partial charge in [-0.05, 0) is 55.4 Å². The maximum absolute atomic E-state index is 14.6. The molecule has 1 N–H and O–H groups in total. The number of carbonyl (C=O) groups excluding carboxylic acids is 3.